The van der Waals surface area contributed by atoms with Gasteiger partial charge in [0, 0.05) is 6.07 Å². The maximum absolute atomic E-state index is 13.2. The number of nitro benzene ring substituents is 1. The van der Waals surface area contributed by atoms with Gasteiger partial charge in [-0.3, -0.25) is 10.1 Å². The number of cyclic esters (lactones) is 1. The van der Waals surface area contributed by atoms with E-state index in [4.69, 9.17) is 4.74 Å². The van der Waals surface area contributed by atoms with Gasteiger partial charge in [-0.1, -0.05) is 24.3 Å². The van der Waals surface area contributed by atoms with Crippen LogP contribution in [0.3, 0.4) is 0 Å². The van der Waals surface area contributed by atoms with Gasteiger partial charge in [-0.2, -0.15) is 0 Å². The summed E-state index contributed by atoms with van der Waals surface area (Å²) in [5, 5.41) is 11.0. The summed E-state index contributed by atoms with van der Waals surface area (Å²) in [6.07, 6.45) is 1.35. The molecule has 0 saturated carbocycles. The van der Waals surface area contributed by atoms with Crippen molar-refractivity contribution in [1.29, 1.82) is 0 Å². The minimum absolute atomic E-state index is 0.0521. The fourth-order valence-corrected chi connectivity index (χ4v) is 2.09. The molecule has 6 nitrogen and oxygen atoms in total. The van der Waals surface area contributed by atoms with Gasteiger partial charge in [0.15, 0.2) is 5.70 Å². The fraction of sp³-hybridized carbons (Fsp3) is 0. The number of hydrogen-bond donors (Lipinski definition) is 0. The molecule has 7 heteroatoms. The lowest BCUT2D eigenvalue weighted by molar-refractivity contribution is -0.385. The standard InChI is InChI=1S/C16H9FN2O4/c17-11-5-3-4-10(8-11)9-13-16(20)23-15(18-13)12-6-1-2-7-14(12)19(21)22/h1-9H/b13-9-. The molecule has 2 aromatic carbocycles. The summed E-state index contributed by atoms with van der Waals surface area (Å²) in [6, 6.07) is 11.4. The highest BCUT2D eigenvalue weighted by atomic mass is 19.1. The van der Waals surface area contributed by atoms with Crippen molar-refractivity contribution >= 4 is 23.6 Å². The van der Waals surface area contributed by atoms with Gasteiger partial charge in [0.1, 0.15) is 11.4 Å². The number of esters is 1. The van der Waals surface area contributed by atoms with Crippen molar-refractivity contribution in [2.75, 3.05) is 0 Å². The summed E-state index contributed by atoms with van der Waals surface area (Å²) < 4.78 is 18.2. The van der Waals surface area contributed by atoms with Gasteiger partial charge in [-0.15, -0.1) is 0 Å². The van der Waals surface area contributed by atoms with Crippen molar-refractivity contribution in [2.45, 2.75) is 0 Å². The summed E-state index contributed by atoms with van der Waals surface area (Å²) in [5.74, 6) is -1.35. The fourth-order valence-electron chi connectivity index (χ4n) is 2.09. The number of carbonyl (C=O) groups is 1. The number of halogens is 1. The zero-order valence-electron chi connectivity index (χ0n) is 11.6. The lowest BCUT2D eigenvalue weighted by Gasteiger charge is -2.00. The first-order valence-corrected chi connectivity index (χ1v) is 6.56. The molecule has 0 bridgehead atoms. The molecular weight excluding hydrogens is 303 g/mol. The van der Waals surface area contributed by atoms with E-state index in [-0.39, 0.29) is 22.8 Å². The normalized spacial score (nSPS) is 15.4. The third kappa shape index (κ3) is 2.98. The number of ether oxygens (including phenoxy) is 1. The van der Waals surface area contributed by atoms with Gasteiger partial charge >= 0.3 is 5.97 Å². The molecule has 0 spiro atoms. The summed E-state index contributed by atoms with van der Waals surface area (Å²) in [7, 11) is 0. The van der Waals surface area contributed by atoms with Gasteiger partial charge in [0.25, 0.3) is 5.69 Å². The second kappa shape index (κ2) is 5.80. The van der Waals surface area contributed by atoms with E-state index in [1.165, 1.54) is 42.5 Å². The van der Waals surface area contributed by atoms with Crippen LogP contribution in [0.15, 0.2) is 59.2 Å². The molecular formula is C16H9FN2O4. The molecule has 0 atom stereocenters. The number of hydrogen-bond acceptors (Lipinski definition) is 5. The quantitative estimate of drug-likeness (QED) is 0.377. The maximum atomic E-state index is 13.2. The van der Waals surface area contributed by atoms with E-state index in [9.17, 15) is 19.3 Å². The molecule has 1 heterocycles. The third-order valence-electron chi connectivity index (χ3n) is 3.10. The molecule has 0 fully saturated rings. The molecule has 114 valence electrons. The zero-order chi connectivity index (χ0) is 16.4. The van der Waals surface area contributed by atoms with Crippen LogP contribution < -0.4 is 0 Å². The Morgan fingerprint density at radius 1 is 1.17 bits per heavy atom. The van der Waals surface area contributed by atoms with Crippen molar-refractivity contribution in [2.24, 2.45) is 4.99 Å². The van der Waals surface area contributed by atoms with Crippen LogP contribution in [0.4, 0.5) is 10.1 Å². The number of nitro groups is 1. The third-order valence-corrected chi connectivity index (χ3v) is 3.10. The summed E-state index contributed by atoms with van der Waals surface area (Å²) in [4.78, 5) is 26.3. The van der Waals surface area contributed by atoms with Crippen LogP contribution in [0.5, 0.6) is 0 Å². The number of rotatable bonds is 3. The highest BCUT2D eigenvalue weighted by Gasteiger charge is 2.28. The Labute approximate surface area is 129 Å². The van der Waals surface area contributed by atoms with Crippen LogP contribution >= 0.6 is 0 Å². The van der Waals surface area contributed by atoms with Crippen LogP contribution in [0.1, 0.15) is 11.1 Å². The van der Waals surface area contributed by atoms with Crippen molar-refractivity contribution in [1.82, 2.24) is 0 Å². The van der Waals surface area contributed by atoms with Crippen LogP contribution in [0.25, 0.3) is 6.08 Å². The number of para-hydroxylation sites is 1. The highest BCUT2D eigenvalue weighted by Crippen LogP contribution is 2.25. The van der Waals surface area contributed by atoms with E-state index in [0.717, 1.165) is 0 Å². The molecule has 1 aliphatic rings. The topological polar surface area (TPSA) is 81.8 Å². The largest absolute Gasteiger partial charge is 0.402 e. The smallest absolute Gasteiger partial charge is 0.363 e. The molecule has 0 N–H and O–H groups in total. The predicted molar refractivity (Wildman–Crippen MR) is 80.1 cm³/mol. The summed E-state index contributed by atoms with van der Waals surface area (Å²) in [6.45, 7) is 0. The van der Waals surface area contributed by atoms with Gasteiger partial charge in [0.2, 0.25) is 5.90 Å². The highest BCUT2D eigenvalue weighted by molar-refractivity contribution is 6.14. The van der Waals surface area contributed by atoms with E-state index < -0.39 is 16.7 Å². The zero-order valence-corrected chi connectivity index (χ0v) is 11.6. The van der Waals surface area contributed by atoms with Gasteiger partial charge in [0.05, 0.1) is 4.92 Å². The Balaban J connectivity index is 2.01. The lowest BCUT2D eigenvalue weighted by atomic mass is 10.2. The van der Waals surface area contributed by atoms with E-state index in [1.807, 2.05) is 0 Å². The monoisotopic (exact) mass is 312 g/mol. The van der Waals surface area contributed by atoms with Crippen LogP contribution in [-0.4, -0.2) is 16.8 Å². The van der Waals surface area contributed by atoms with Gasteiger partial charge in [-0.25, -0.2) is 14.2 Å². The van der Waals surface area contributed by atoms with E-state index in [1.54, 1.807) is 12.1 Å². The van der Waals surface area contributed by atoms with Crippen LogP contribution in [-0.2, 0) is 9.53 Å². The molecule has 2 aromatic rings. The number of carbonyl (C=O) groups excluding carboxylic acids is 1. The average Bonchev–Trinajstić information content (AvgIpc) is 2.88. The van der Waals surface area contributed by atoms with Gasteiger partial charge < -0.3 is 4.74 Å². The van der Waals surface area contributed by atoms with Crippen LogP contribution in [0, 0.1) is 15.9 Å². The predicted octanol–water partition coefficient (Wildman–Crippen LogP) is 3.08. The van der Waals surface area contributed by atoms with Crippen molar-refractivity contribution in [3.63, 3.8) is 0 Å². The second-order valence-corrected chi connectivity index (χ2v) is 4.67. The van der Waals surface area contributed by atoms with E-state index in [0.29, 0.717) is 5.56 Å². The number of nitrogens with zero attached hydrogens (tertiary/aromatic N) is 2. The Kier molecular flexibility index (Phi) is 3.68. The van der Waals surface area contributed by atoms with Gasteiger partial charge in [-0.05, 0) is 29.8 Å². The Morgan fingerprint density at radius 2 is 1.96 bits per heavy atom. The first-order valence-electron chi connectivity index (χ1n) is 6.56. The Morgan fingerprint density at radius 3 is 2.70 bits per heavy atom. The van der Waals surface area contributed by atoms with Crippen molar-refractivity contribution in [3.05, 3.63) is 81.3 Å². The minimum Gasteiger partial charge on any atom is -0.402 e. The molecule has 0 aliphatic carbocycles. The molecule has 0 radical (unpaired) electrons. The first kappa shape index (κ1) is 14.6. The lowest BCUT2D eigenvalue weighted by Crippen LogP contribution is -2.07. The molecule has 0 saturated heterocycles. The summed E-state index contributed by atoms with van der Waals surface area (Å²) >= 11 is 0. The summed E-state index contributed by atoms with van der Waals surface area (Å²) in [5.41, 5.74) is 0.271. The molecule has 1 aliphatic heterocycles. The molecule has 0 amide bonds. The SMILES string of the molecule is O=C1OC(c2ccccc2[N+](=O)[O-])=N/C1=C\c1cccc(F)c1. The van der Waals surface area contributed by atoms with Crippen molar-refractivity contribution < 1.29 is 18.8 Å². The first-order chi connectivity index (χ1) is 11.0. The maximum Gasteiger partial charge on any atom is 0.363 e. The second-order valence-electron chi connectivity index (χ2n) is 4.67. The minimum atomic E-state index is -0.748. The molecule has 23 heavy (non-hydrogen) atoms. The molecule has 0 unspecified atom stereocenters. The molecule has 3 rings (SSSR count). The van der Waals surface area contributed by atoms with Crippen molar-refractivity contribution in [3.8, 4) is 0 Å². The number of benzene rings is 2. The number of aliphatic imine (C=N–C) groups is 1. The average molecular weight is 312 g/mol. The van der Waals surface area contributed by atoms with E-state index in [2.05, 4.69) is 4.99 Å². The Hall–Kier alpha value is -3.35. The van der Waals surface area contributed by atoms with E-state index >= 15 is 0 Å². The molecule has 0 aromatic heterocycles. The van der Waals surface area contributed by atoms with Crippen LogP contribution in [0.2, 0.25) is 0 Å². The Bertz CT molecular complexity index is 874.